The Labute approximate surface area is 277 Å². The number of benzene rings is 4. The SMILES string of the molecule is COC(=O)[C@H](Cc1ccc(OCCN(Cc2ccccc2)C(=O)CCC2CCCC2)cc1)Nc1ccccc1C(=O)c1ccccc1. The zero-order chi connectivity index (χ0) is 32.8. The molecule has 0 aromatic heterocycles. The van der Waals surface area contributed by atoms with Crippen molar-refractivity contribution in [1.29, 1.82) is 0 Å². The van der Waals surface area contributed by atoms with Crippen molar-refractivity contribution < 1.29 is 23.9 Å². The number of esters is 1. The summed E-state index contributed by atoms with van der Waals surface area (Å²) in [6.07, 6.45) is 6.92. The summed E-state index contributed by atoms with van der Waals surface area (Å²) in [7, 11) is 1.36. The first-order valence-corrected chi connectivity index (χ1v) is 16.6. The van der Waals surface area contributed by atoms with E-state index in [4.69, 9.17) is 9.47 Å². The standard InChI is InChI=1S/C40H44N2O5/c1-46-40(45)37(41-36-19-11-10-18-35(36)39(44)33-16-6-3-7-17-33)28-31-20-23-34(24-21-31)47-27-26-42(29-32-14-4-2-5-15-32)38(43)25-22-30-12-8-9-13-30/h2-7,10-11,14-21,23-24,30,37,41H,8-9,12-13,22,25-29H2,1H3/t37-/m0/s1. The Bertz CT molecular complexity index is 1580. The van der Waals surface area contributed by atoms with E-state index in [9.17, 15) is 14.4 Å². The number of hydrogen-bond acceptors (Lipinski definition) is 6. The molecule has 1 atom stereocenters. The number of ketones is 1. The maximum Gasteiger partial charge on any atom is 0.328 e. The summed E-state index contributed by atoms with van der Waals surface area (Å²) in [5, 5.41) is 3.25. The van der Waals surface area contributed by atoms with Crippen molar-refractivity contribution >= 4 is 23.3 Å². The number of para-hydroxylation sites is 1. The van der Waals surface area contributed by atoms with Crippen molar-refractivity contribution in [2.24, 2.45) is 5.92 Å². The summed E-state index contributed by atoms with van der Waals surface area (Å²) in [5.74, 6) is 0.981. The van der Waals surface area contributed by atoms with Crippen LogP contribution in [0.5, 0.6) is 5.75 Å². The van der Waals surface area contributed by atoms with E-state index < -0.39 is 12.0 Å². The van der Waals surface area contributed by atoms with Crippen LogP contribution in [0.15, 0.2) is 109 Å². The maximum absolute atomic E-state index is 13.2. The van der Waals surface area contributed by atoms with Gasteiger partial charge in [0, 0.05) is 36.2 Å². The molecule has 7 heteroatoms. The number of anilines is 1. The van der Waals surface area contributed by atoms with Crippen LogP contribution in [0.1, 0.15) is 65.6 Å². The first-order valence-electron chi connectivity index (χ1n) is 16.6. The summed E-state index contributed by atoms with van der Waals surface area (Å²) in [5.41, 5.74) is 3.62. The Kier molecular flexibility index (Phi) is 12.2. The molecule has 4 aromatic carbocycles. The van der Waals surface area contributed by atoms with Crippen molar-refractivity contribution in [2.75, 3.05) is 25.6 Å². The van der Waals surface area contributed by atoms with E-state index in [0.29, 0.717) is 61.0 Å². The Morgan fingerprint density at radius 1 is 0.809 bits per heavy atom. The van der Waals surface area contributed by atoms with Gasteiger partial charge in [-0.3, -0.25) is 9.59 Å². The van der Waals surface area contributed by atoms with Gasteiger partial charge in [0.2, 0.25) is 5.91 Å². The molecular formula is C40H44N2O5. The van der Waals surface area contributed by atoms with E-state index in [-0.39, 0.29) is 11.7 Å². The minimum absolute atomic E-state index is 0.128. The van der Waals surface area contributed by atoms with Crippen LogP contribution < -0.4 is 10.1 Å². The monoisotopic (exact) mass is 632 g/mol. The molecule has 1 fully saturated rings. The molecule has 0 spiro atoms. The van der Waals surface area contributed by atoms with Gasteiger partial charge in [-0.2, -0.15) is 0 Å². The highest BCUT2D eigenvalue weighted by Crippen LogP contribution is 2.29. The minimum Gasteiger partial charge on any atom is -0.492 e. The molecule has 7 nitrogen and oxygen atoms in total. The Morgan fingerprint density at radius 3 is 2.17 bits per heavy atom. The molecule has 244 valence electrons. The normalized spacial score (nSPS) is 13.5. The van der Waals surface area contributed by atoms with Crippen LogP contribution in [-0.2, 0) is 27.3 Å². The van der Waals surface area contributed by atoms with Crippen molar-refractivity contribution in [2.45, 2.75) is 57.5 Å². The predicted molar refractivity (Wildman–Crippen MR) is 184 cm³/mol. The van der Waals surface area contributed by atoms with Gasteiger partial charge in [-0.25, -0.2) is 4.79 Å². The number of ether oxygens (including phenoxy) is 2. The number of carbonyl (C=O) groups excluding carboxylic acids is 3. The van der Waals surface area contributed by atoms with Crippen LogP contribution in [0.4, 0.5) is 5.69 Å². The van der Waals surface area contributed by atoms with Crippen LogP contribution >= 0.6 is 0 Å². The number of carbonyl (C=O) groups is 3. The fourth-order valence-electron chi connectivity index (χ4n) is 6.19. The largest absolute Gasteiger partial charge is 0.492 e. The second-order valence-electron chi connectivity index (χ2n) is 12.1. The van der Waals surface area contributed by atoms with Crippen LogP contribution in [-0.4, -0.2) is 48.9 Å². The zero-order valence-electron chi connectivity index (χ0n) is 27.1. The highest BCUT2D eigenvalue weighted by Gasteiger charge is 2.23. The van der Waals surface area contributed by atoms with Crippen molar-refractivity contribution in [3.63, 3.8) is 0 Å². The Hall–Kier alpha value is -4.91. The van der Waals surface area contributed by atoms with Gasteiger partial charge in [0.05, 0.1) is 13.7 Å². The van der Waals surface area contributed by atoms with Gasteiger partial charge in [0.1, 0.15) is 18.4 Å². The summed E-state index contributed by atoms with van der Waals surface area (Å²) in [4.78, 5) is 41.2. The molecule has 0 saturated heterocycles. The van der Waals surface area contributed by atoms with E-state index in [0.717, 1.165) is 17.5 Å². The lowest BCUT2D eigenvalue weighted by atomic mass is 10.00. The molecular weight excluding hydrogens is 588 g/mol. The Morgan fingerprint density at radius 2 is 1.47 bits per heavy atom. The fraction of sp³-hybridized carbons (Fsp3) is 0.325. The molecule has 0 unspecified atom stereocenters. The second-order valence-corrected chi connectivity index (χ2v) is 12.1. The lowest BCUT2D eigenvalue weighted by Crippen LogP contribution is -2.34. The van der Waals surface area contributed by atoms with Gasteiger partial charge in [-0.15, -0.1) is 0 Å². The second kappa shape index (κ2) is 17.1. The third-order valence-corrected chi connectivity index (χ3v) is 8.83. The topological polar surface area (TPSA) is 84.9 Å². The summed E-state index contributed by atoms with van der Waals surface area (Å²) >= 11 is 0. The van der Waals surface area contributed by atoms with Crippen LogP contribution in [0.25, 0.3) is 0 Å². The van der Waals surface area contributed by atoms with Crippen molar-refractivity contribution in [3.05, 3.63) is 131 Å². The van der Waals surface area contributed by atoms with Crippen molar-refractivity contribution in [3.8, 4) is 5.75 Å². The van der Waals surface area contributed by atoms with E-state index in [1.807, 2.05) is 83.8 Å². The smallest absolute Gasteiger partial charge is 0.328 e. The highest BCUT2D eigenvalue weighted by molar-refractivity contribution is 6.12. The van der Waals surface area contributed by atoms with Gasteiger partial charge in [0.15, 0.2) is 5.78 Å². The van der Waals surface area contributed by atoms with Gasteiger partial charge in [-0.1, -0.05) is 111 Å². The van der Waals surface area contributed by atoms with Gasteiger partial charge >= 0.3 is 5.97 Å². The third kappa shape index (κ3) is 9.79. The molecule has 4 aromatic rings. The summed E-state index contributed by atoms with van der Waals surface area (Å²) < 4.78 is 11.2. The van der Waals surface area contributed by atoms with Gasteiger partial charge in [-0.05, 0) is 47.7 Å². The molecule has 0 aliphatic heterocycles. The quantitative estimate of drug-likeness (QED) is 0.102. The lowest BCUT2D eigenvalue weighted by Gasteiger charge is -2.24. The Balaban J connectivity index is 1.19. The molecule has 1 aliphatic carbocycles. The van der Waals surface area contributed by atoms with Crippen LogP contribution in [0, 0.1) is 5.92 Å². The van der Waals surface area contributed by atoms with E-state index >= 15 is 0 Å². The number of methoxy groups -OCH3 is 1. The molecule has 1 N–H and O–H groups in total. The van der Waals surface area contributed by atoms with E-state index in [1.165, 1.54) is 32.8 Å². The number of nitrogens with one attached hydrogen (secondary N) is 1. The average Bonchev–Trinajstić information content (AvgIpc) is 3.65. The first kappa shape index (κ1) is 33.5. The summed E-state index contributed by atoms with van der Waals surface area (Å²) in [6.45, 7) is 1.43. The lowest BCUT2D eigenvalue weighted by molar-refractivity contribution is -0.141. The number of nitrogens with zero attached hydrogens (tertiary/aromatic N) is 1. The van der Waals surface area contributed by atoms with Crippen LogP contribution in [0.2, 0.25) is 0 Å². The maximum atomic E-state index is 13.2. The van der Waals surface area contributed by atoms with E-state index in [2.05, 4.69) is 5.32 Å². The molecule has 1 saturated carbocycles. The number of rotatable bonds is 16. The zero-order valence-corrected chi connectivity index (χ0v) is 27.1. The average molecular weight is 633 g/mol. The summed E-state index contributed by atoms with van der Waals surface area (Å²) in [6, 6.07) is 33.2. The highest BCUT2D eigenvalue weighted by atomic mass is 16.5. The van der Waals surface area contributed by atoms with Crippen molar-refractivity contribution in [1.82, 2.24) is 4.90 Å². The molecule has 0 heterocycles. The first-order chi connectivity index (χ1) is 23.0. The van der Waals surface area contributed by atoms with Gasteiger partial charge in [0.25, 0.3) is 0 Å². The molecule has 1 aliphatic rings. The predicted octanol–water partition coefficient (Wildman–Crippen LogP) is 7.49. The minimum atomic E-state index is -0.710. The molecule has 0 bridgehead atoms. The molecule has 0 radical (unpaired) electrons. The fourth-order valence-corrected chi connectivity index (χ4v) is 6.19. The third-order valence-electron chi connectivity index (χ3n) is 8.83. The molecule has 47 heavy (non-hydrogen) atoms. The van der Waals surface area contributed by atoms with E-state index in [1.54, 1.807) is 30.3 Å². The molecule has 5 rings (SSSR count). The van der Waals surface area contributed by atoms with Crippen LogP contribution in [0.3, 0.4) is 0 Å². The molecule has 1 amide bonds. The van der Waals surface area contributed by atoms with Gasteiger partial charge < -0.3 is 19.7 Å². The number of amides is 1. The number of hydrogen-bond donors (Lipinski definition) is 1.